The third kappa shape index (κ3) is 1.74. The fourth-order valence-corrected chi connectivity index (χ4v) is 10.1. The molecule has 0 bridgehead atoms. The molecule has 0 aliphatic carbocycles. The Hall–Kier alpha value is -0.686. The van der Waals surface area contributed by atoms with Gasteiger partial charge in [-0.3, -0.25) is 0 Å². The number of hydrogen-bond acceptors (Lipinski definition) is 2. The highest BCUT2D eigenvalue weighted by atomic mass is 29.3. The van der Waals surface area contributed by atoms with Crippen LogP contribution in [0.4, 0.5) is 0 Å². The molecule has 0 aromatic heterocycles. The summed E-state index contributed by atoms with van der Waals surface area (Å²) < 4.78 is 11.0. The monoisotopic (exact) mass is 226 g/mol. The lowest BCUT2D eigenvalue weighted by Gasteiger charge is -2.35. The van der Waals surface area contributed by atoms with Crippen molar-refractivity contribution in [2.75, 3.05) is 14.2 Å². The highest BCUT2D eigenvalue weighted by molar-refractivity contribution is 7.45. The van der Waals surface area contributed by atoms with Gasteiger partial charge in [0.1, 0.15) is 0 Å². The lowest BCUT2D eigenvalue weighted by molar-refractivity contribution is 0.276. The van der Waals surface area contributed by atoms with Crippen LogP contribution in [0.1, 0.15) is 0 Å². The lowest BCUT2D eigenvalue weighted by Crippen LogP contribution is -2.62. The van der Waals surface area contributed by atoms with Crippen molar-refractivity contribution < 1.29 is 8.85 Å². The molecule has 0 radical (unpaired) electrons. The van der Waals surface area contributed by atoms with Gasteiger partial charge in [-0.15, -0.1) is 26.3 Å². The summed E-state index contributed by atoms with van der Waals surface area (Å²) in [6.07, 6.45) is 0. The second-order valence-corrected chi connectivity index (χ2v) is 13.2. The summed E-state index contributed by atoms with van der Waals surface area (Å²) in [5.74, 6) is 0. The first-order chi connectivity index (χ1) is 6.61. The smallest absolute Gasteiger partial charge is 0.355 e. The molecule has 0 aromatic rings. The van der Waals surface area contributed by atoms with E-state index in [1.807, 2.05) is 17.1 Å². The number of rotatable bonds is 7. The topological polar surface area (TPSA) is 18.5 Å². The molecule has 0 aromatic carbocycles. The molecule has 0 aliphatic rings. The molecule has 0 saturated heterocycles. The van der Waals surface area contributed by atoms with Crippen molar-refractivity contribution in [1.29, 1.82) is 0 Å². The van der Waals surface area contributed by atoms with E-state index < -0.39 is 15.7 Å². The first-order valence-corrected chi connectivity index (χ1v) is 9.39. The Bertz CT molecular complexity index is 223. The lowest BCUT2D eigenvalue weighted by atomic mass is 11.2. The molecule has 0 aliphatic heterocycles. The Labute approximate surface area is 88.3 Å². The van der Waals surface area contributed by atoms with E-state index >= 15 is 0 Å². The molecule has 0 fully saturated rings. The van der Waals surface area contributed by atoms with Crippen molar-refractivity contribution >= 4 is 15.7 Å². The molecule has 0 rings (SSSR count). The zero-order chi connectivity index (χ0) is 11.2. The highest BCUT2D eigenvalue weighted by Gasteiger charge is 2.51. The van der Waals surface area contributed by atoms with Gasteiger partial charge >= 0.3 is 8.08 Å². The van der Waals surface area contributed by atoms with Crippen LogP contribution >= 0.6 is 0 Å². The fourth-order valence-electron chi connectivity index (χ4n) is 1.46. The van der Waals surface area contributed by atoms with Crippen LogP contribution in [0.3, 0.4) is 0 Å². The molecule has 78 valence electrons. The van der Waals surface area contributed by atoms with E-state index in [4.69, 9.17) is 8.85 Å². The van der Waals surface area contributed by atoms with Gasteiger partial charge in [0.15, 0.2) is 7.59 Å². The van der Waals surface area contributed by atoms with Crippen LogP contribution in [0.5, 0.6) is 0 Å². The summed E-state index contributed by atoms with van der Waals surface area (Å²) in [4.78, 5) is 0. The summed E-state index contributed by atoms with van der Waals surface area (Å²) >= 11 is 0. The minimum absolute atomic E-state index is 1.63. The van der Waals surface area contributed by atoms with Crippen LogP contribution in [0.2, 0.25) is 0 Å². The van der Waals surface area contributed by atoms with Gasteiger partial charge in [-0.1, -0.05) is 22.8 Å². The van der Waals surface area contributed by atoms with E-state index in [-0.39, 0.29) is 0 Å². The first-order valence-electron chi connectivity index (χ1n) is 4.26. The van der Waals surface area contributed by atoms with Gasteiger partial charge in [0, 0.05) is 14.2 Å². The van der Waals surface area contributed by atoms with Crippen LogP contribution in [0.25, 0.3) is 0 Å². The molecule has 0 heterocycles. The van der Waals surface area contributed by atoms with Crippen LogP contribution < -0.4 is 0 Å². The predicted octanol–water partition coefficient (Wildman–Crippen LogP) is 2.15. The Balaban J connectivity index is 5.52. The standard InChI is InChI=1S/C10H18O2Si2/c1-7-13(8-2,9-3)14(10-4,11-5)12-6/h7-10H,1-4H2,5-6H3. The maximum atomic E-state index is 5.52. The third-order valence-electron chi connectivity index (χ3n) is 2.49. The minimum Gasteiger partial charge on any atom is -0.397 e. The zero-order valence-electron chi connectivity index (χ0n) is 8.95. The van der Waals surface area contributed by atoms with E-state index in [1.54, 1.807) is 19.9 Å². The maximum absolute atomic E-state index is 5.52. The van der Waals surface area contributed by atoms with Gasteiger partial charge in [-0.05, 0) is 0 Å². The Kier molecular flexibility index (Phi) is 5.00. The third-order valence-corrected chi connectivity index (χ3v) is 14.8. The fraction of sp³-hybridized carbons (Fsp3) is 0.200. The molecule has 0 N–H and O–H groups in total. The van der Waals surface area contributed by atoms with E-state index in [2.05, 4.69) is 26.3 Å². The molecule has 0 saturated carbocycles. The normalized spacial score (nSPS) is 11.9. The Morgan fingerprint density at radius 2 is 1.14 bits per heavy atom. The van der Waals surface area contributed by atoms with E-state index in [0.717, 1.165) is 0 Å². The van der Waals surface area contributed by atoms with Gasteiger partial charge in [0.25, 0.3) is 0 Å². The zero-order valence-corrected chi connectivity index (χ0v) is 11.0. The van der Waals surface area contributed by atoms with Gasteiger partial charge in [-0.2, -0.15) is 0 Å². The largest absolute Gasteiger partial charge is 0.397 e. The molecular weight excluding hydrogens is 208 g/mol. The maximum Gasteiger partial charge on any atom is 0.355 e. The van der Waals surface area contributed by atoms with Crippen molar-refractivity contribution in [3.8, 4) is 0 Å². The predicted molar refractivity (Wildman–Crippen MR) is 66.3 cm³/mol. The van der Waals surface area contributed by atoms with Crippen molar-refractivity contribution in [3.05, 3.63) is 49.1 Å². The van der Waals surface area contributed by atoms with Crippen LogP contribution in [-0.4, -0.2) is 29.9 Å². The Morgan fingerprint density at radius 3 is 1.21 bits per heavy atom. The highest BCUT2D eigenvalue weighted by Crippen LogP contribution is 2.24. The molecule has 2 nitrogen and oxygen atoms in total. The molecule has 0 amide bonds. The first kappa shape index (κ1) is 13.3. The van der Waals surface area contributed by atoms with Gasteiger partial charge in [0.05, 0.1) is 0 Å². The van der Waals surface area contributed by atoms with Gasteiger partial charge in [0.2, 0.25) is 0 Å². The minimum atomic E-state index is -2.45. The van der Waals surface area contributed by atoms with Crippen molar-refractivity contribution in [1.82, 2.24) is 0 Å². The van der Waals surface area contributed by atoms with Crippen molar-refractivity contribution in [2.45, 2.75) is 0 Å². The molecular formula is C10H18O2Si2. The SMILES string of the molecule is C=C[Si](C=C)(C=C)[Si](C=C)(OC)OC. The Morgan fingerprint density at radius 1 is 0.786 bits per heavy atom. The summed E-state index contributed by atoms with van der Waals surface area (Å²) in [5.41, 5.74) is 7.37. The molecule has 0 unspecified atom stereocenters. The molecule has 0 atom stereocenters. The summed E-state index contributed by atoms with van der Waals surface area (Å²) in [5, 5.41) is 0. The van der Waals surface area contributed by atoms with Crippen molar-refractivity contribution in [2.24, 2.45) is 0 Å². The molecule has 14 heavy (non-hydrogen) atoms. The molecule has 4 heteroatoms. The van der Waals surface area contributed by atoms with E-state index in [1.165, 1.54) is 0 Å². The average molecular weight is 226 g/mol. The summed E-state index contributed by atoms with van der Waals surface area (Å²) in [6.45, 7) is 15.3. The van der Waals surface area contributed by atoms with Gasteiger partial charge < -0.3 is 8.85 Å². The molecule has 0 spiro atoms. The number of hydrogen-bond donors (Lipinski definition) is 0. The van der Waals surface area contributed by atoms with Crippen molar-refractivity contribution in [3.63, 3.8) is 0 Å². The van der Waals surface area contributed by atoms with Crippen LogP contribution in [-0.2, 0) is 8.85 Å². The van der Waals surface area contributed by atoms with E-state index in [9.17, 15) is 0 Å². The summed E-state index contributed by atoms with van der Waals surface area (Å²) in [7, 11) is -1.31. The second-order valence-electron chi connectivity index (χ2n) is 2.83. The summed E-state index contributed by atoms with van der Waals surface area (Å²) in [6, 6.07) is 0. The van der Waals surface area contributed by atoms with Crippen LogP contribution in [0, 0.1) is 0 Å². The van der Waals surface area contributed by atoms with Gasteiger partial charge in [-0.25, -0.2) is 0 Å². The average Bonchev–Trinajstić information content (AvgIpc) is 2.27. The van der Waals surface area contributed by atoms with Crippen LogP contribution in [0.15, 0.2) is 49.1 Å². The quantitative estimate of drug-likeness (QED) is 0.619. The van der Waals surface area contributed by atoms with E-state index in [0.29, 0.717) is 0 Å². The second kappa shape index (κ2) is 5.26.